The third kappa shape index (κ3) is 4.06. The number of piperazine rings is 1. The predicted molar refractivity (Wildman–Crippen MR) is 68.2 cm³/mol. The van der Waals surface area contributed by atoms with Crippen LogP contribution in [0.5, 0.6) is 0 Å². The monoisotopic (exact) mass is 254 g/mol. The van der Waals surface area contributed by atoms with Gasteiger partial charge < -0.3 is 10.2 Å². The highest BCUT2D eigenvalue weighted by atomic mass is 16.3. The standard InChI is InChI=1S/C12H22N4O2/c17-9-8-14-4-6-15(7-5-14)10-12(18)11-16-3-1-2-13-16/h1-3,12,17-18H,4-11H2. The van der Waals surface area contributed by atoms with Crippen LogP contribution in [-0.4, -0.2) is 81.8 Å². The lowest BCUT2D eigenvalue weighted by Gasteiger charge is -2.35. The number of aliphatic hydroxyl groups excluding tert-OH is 2. The predicted octanol–water partition coefficient (Wildman–Crippen LogP) is -1.15. The molecular formula is C12H22N4O2. The second-order valence-corrected chi connectivity index (χ2v) is 4.75. The van der Waals surface area contributed by atoms with Gasteiger partial charge in [-0.3, -0.25) is 14.5 Å². The summed E-state index contributed by atoms with van der Waals surface area (Å²) in [5, 5.41) is 22.9. The minimum atomic E-state index is -0.380. The Hall–Kier alpha value is -0.950. The van der Waals surface area contributed by atoms with E-state index in [4.69, 9.17) is 5.11 Å². The molecule has 1 aliphatic rings. The first-order chi connectivity index (χ1) is 8.78. The SMILES string of the molecule is OCCN1CCN(CC(O)Cn2cccn2)CC1. The maximum Gasteiger partial charge on any atom is 0.0862 e. The van der Waals surface area contributed by atoms with E-state index in [-0.39, 0.29) is 12.7 Å². The lowest BCUT2D eigenvalue weighted by atomic mass is 10.2. The molecule has 0 radical (unpaired) electrons. The van der Waals surface area contributed by atoms with E-state index in [2.05, 4.69) is 14.9 Å². The number of aliphatic hydroxyl groups is 2. The fraction of sp³-hybridized carbons (Fsp3) is 0.750. The van der Waals surface area contributed by atoms with Crippen molar-refractivity contribution in [2.24, 2.45) is 0 Å². The summed E-state index contributed by atoms with van der Waals surface area (Å²) in [6, 6.07) is 1.86. The van der Waals surface area contributed by atoms with E-state index < -0.39 is 0 Å². The Labute approximate surface area is 107 Å². The van der Waals surface area contributed by atoms with Gasteiger partial charge in [0.2, 0.25) is 0 Å². The summed E-state index contributed by atoms with van der Waals surface area (Å²) in [7, 11) is 0. The van der Waals surface area contributed by atoms with Crippen LogP contribution in [0.3, 0.4) is 0 Å². The molecule has 1 saturated heterocycles. The molecule has 18 heavy (non-hydrogen) atoms. The van der Waals surface area contributed by atoms with Crippen molar-refractivity contribution >= 4 is 0 Å². The molecule has 0 saturated carbocycles. The van der Waals surface area contributed by atoms with Crippen molar-refractivity contribution in [1.29, 1.82) is 0 Å². The third-order valence-corrected chi connectivity index (χ3v) is 3.31. The van der Waals surface area contributed by atoms with Crippen LogP contribution in [0.4, 0.5) is 0 Å². The molecule has 102 valence electrons. The molecule has 2 heterocycles. The normalized spacial score (nSPS) is 20.1. The van der Waals surface area contributed by atoms with Crippen molar-refractivity contribution in [3.8, 4) is 0 Å². The van der Waals surface area contributed by atoms with Crippen molar-refractivity contribution < 1.29 is 10.2 Å². The Kier molecular flexibility index (Phi) is 5.12. The average Bonchev–Trinajstić information content (AvgIpc) is 2.84. The summed E-state index contributed by atoms with van der Waals surface area (Å²) in [4.78, 5) is 4.51. The number of hydrogen-bond donors (Lipinski definition) is 2. The van der Waals surface area contributed by atoms with Crippen LogP contribution >= 0.6 is 0 Å². The zero-order valence-corrected chi connectivity index (χ0v) is 10.6. The number of hydrogen-bond acceptors (Lipinski definition) is 5. The van der Waals surface area contributed by atoms with Crippen LogP contribution < -0.4 is 0 Å². The molecule has 1 aliphatic heterocycles. The van der Waals surface area contributed by atoms with Crippen LogP contribution in [0.2, 0.25) is 0 Å². The van der Waals surface area contributed by atoms with Crippen LogP contribution in [-0.2, 0) is 6.54 Å². The molecule has 0 aromatic carbocycles. The van der Waals surface area contributed by atoms with Gasteiger partial charge in [0.15, 0.2) is 0 Å². The Morgan fingerprint density at radius 2 is 1.83 bits per heavy atom. The minimum Gasteiger partial charge on any atom is -0.395 e. The highest BCUT2D eigenvalue weighted by molar-refractivity contribution is 4.80. The number of rotatable bonds is 6. The van der Waals surface area contributed by atoms with Crippen LogP contribution in [0.25, 0.3) is 0 Å². The van der Waals surface area contributed by atoms with E-state index in [0.717, 1.165) is 32.7 Å². The average molecular weight is 254 g/mol. The Morgan fingerprint density at radius 1 is 1.11 bits per heavy atom. The molecule has 1 aromatic heterocycles. The van der Waals surface area contributed by atoms with Crippen LogP contribution in [0.15, 0.2) is 18.5 Å². The van der Waals surface area contributed by atoms with E-state index in [1.807, 2.05) is 12.3 Å². The van der Waals surface area contributed by atoms with Gasteiger partial charge in [0.05, 0.1) is 19.3 Å². The van der Waals surface area contributed by atoms with Crippen molar-refractivity contribution in [1.82, 2.24) is 19.6 Å². The summed E-state index contributed by atoms with van der Waals surface area (Å²) in [6.07, 6.45) is 3.21. The maximum atomic E-state index is 9.99. The van der Waals surface area contributed by atoms with Crippen LogP contribution in [0.1, 0.15) is 0 Å². The van der Waals surface area contributed by atoms with E-state index in [1.165, 1.54) is 0 Å². The Morgan fingerprint density at radius 3 is 2.44 bits per heavy atom. The second kappa shape index (κ2) is 6.84. The van der Waals surface area contributed by atoms with Crippen molar-refractivity contribution in [2.45, 2.75) is 12.6 Å². The largest absolute Gasteiger partial charge is 0.395 e. The molecule has 2 N–H and O–H groups in total. The fourth-order valence-electron chi connectivity index (χ4n) is 2.32. The van der Waals surface area contributed by atoms with Crippen molar-refractivity contribution in [3.05, 3.63) is 18.5 Å². The first-order valence-electron chi connectivity index (χ1n) is 6.49. The zero-order valence-electron chi connectivity index (χ0n) is 10.6. The van der Waals surface area contributed by atoms with Gasteiger partial charge in [-0.05, 0) is 6.07 Å². The van der Waals surface area contributed by atoms with Crippen molar-refractivity contribution in [3.63, 3.8) is 0 Å². The van der Waals surface area contributed by atoms with E-state index >= 15 is 0 Å². The molecule has 1 fully saturated rings. The van der Waals surface area contributed by atoms with Crippen molar-refractivity contribution in [2.75, 3.05) is 45.9 Å². The molecule has 1 unspecified atom stereocenters. The summed E-state index contributed by atoms with van der Waals surface area (Å²) in [5.74, 6) is 0. The third-order valence-electron chi connectivity index (χ3n) is 3.31. The molecule has 0 bridgehead atoms. The van der Waals surface area contributed by atoms with Gasteiger partial charge in [0, 0.05) is 51.7 Å². The minimum absolute atomic E-state index is 0.224. The quantitative estimate of drug-likeness (QED) is 0.671. The van der Waals surface area contributed by atoms with Gasteiger partial charge in [-0.2, -0.15) is 5.10 Å². The van der Waals surface area contributed by atoms with Gasteiger partial charge in [-0.25, -0.2) is 0 Å². The summed E-state index contributed by atoms with van der Waals surface area (Å²) >= 11 is 0. The maximum absolute atomic E-state index is 9.99. The molecule has 0 spiro atoms. The van der Waals surface area contributed by atoms with Crippen LogP contribution in [0, 0.1) is 0 Å². The molecule has 6 nitrogen and oxygen atoms in total. The van der Waals surface area contributed by atoms with E-state index in [0.29, 0.717) is 13.1 Å². The van der Waals surface area contributed by atoms with E-state index in [1.54, 1.807) is 10.9 Å². The lowest BCUT2D eigenvalue weighted by Crippen LogP contribution is -2.49. The smallest absolute Gasteiger partial charge is 0.0862 e. The number of aromatic nitrogens is 2. The zero-order chi connectivity index (χ0) is 12.8. The summed E-state index contributed by atoms with van der Waals surface area (Å²) in [6.45, 7) is 6.05. The first-order valence-corrected chi connectivity index (χ1v) is 6.49. The van der Waals surface area contributed by atoms with Gasteiger partial charge in [-0.15, -0.1) is 0 Å². The molecule has 1 atom stereocenters. The van der Waals surface area contributed by atoms with Gasteiger partial charge >= 0.3 is 0 Å². The topological polar surface area (TPSA) is 64.8 Å². The number of nitrogens with zero attached hydrogens (tertiary/aromatic N) is 4. The Balaban J connectivity index is 1.68. The second-order valence-electron chi connectivity index (χ2n) is 4.75. The summed E-state index contributed by atoms with van der Waals surface area (Å²) in [5.41, 5.74) is 0. The highest BCUT2D eigenvalue weighted by Crippen LogP contribution is 2.03. The molecule has 2 rings (SSSR count). The van der Waals surface area contributed by atoms with Gasteiger partial charge in [-0.1, -0.05) is 0 Å². The fourth-order valence-corrected chi connectivity index (χ4v) is 2.32. The summed E-state index contributed by atoms with van der Waals surface area (Å²) < 4.78 is 1.76. The molecule has 1 aromatic rings. The van der Waals surface area contributed by atoms with Gasteiger partial charge in [0.1, 0.15) is 0 Å². The molecule has 0 aliphatic carbocycles. The Bertz CT molecular complexity index is 323. The molecule has 6 heteroatoms. The molecule has 0 amide bonds. The number of β-amino-alcohol motifs (C(OH)–C–C–N with tert-alkyl or cyclic N) is 2. The van der Waals surface area contributed by atoms with Gasteiger partial charge in [0.25, 0.3) is 0 Å². The highest BCUT2D eigenvalue weighted by Gasteiger charge is 2.18. The first kappa shape index (κ1) is 13.5. The molecular weight excluding hydrogens is 232 g/mol. The lowest BCUT2D eigenvalue weighted by molar-refractivity contribution is 0.0575. The van der Waals surface area contributed by atoms with E-state index in [9.17, 15) is 5.11 Å².